The van der Waals surface area contributed by atoms with Crippen LogP contribution < -0.4 is 5.32 Å². The van der Waals surface area contributed by atoms with Crippen molar-refractivity contribution in [2.75, 3.05) is 5.32 Å². The number of hydrogen-bond donors (Lipinski definition) is 1. The second-order valence-electron chi connectivity index (χ2n) is 6.04. The molecule has 0 aliphatic carbocycles. The summed E-state index contributed by atoms with van der Waals surface area (Å²) in [6, 6.07) is 4.46. The molecule has 2 aromatic rings. The molecule has 1 N–H and O–H groups in total. The first kappa shape index (κ1) is 14.1. The maximum atomic E-state index is 4.42. The van der Waals surface area contributed by atoms with Crippen LogP contribution in [0.2, 0.25) is 0 Å². The topological polar surface area (TPSA) is 29.9 Å². The van der Waals surface area contributed by atoms with E-state index in [9.17, 15) is 0 Å². The van der Waals surface area contributed by atoms with Gasteiger partial charge in [-0.2, -0.15) is 5.10 Å². The molecular formula is C15H23N3S. The van der Waals surface area contributed by atoms with Crippen LogP contribution in [0.3, 0.4) is 0 Å². The Morgan fingerprint density at radius 1 is 1.26 bits per heavy atom. The van der Waals surface area contributed by atoms with Crippen LogP contribution in [0.5, 0.6) is 0 Å². The molecule has 2 heterocycles. The predicted octanol–water partition coefficient (Wildman–Crippen LogP) is 4.01. The van der Waals surface area contributed by atoms with Crippen LogP contribution >= 0.6 is 11.3 Å². The van der Waals surface area contributed by atoms with Gasteiger partial charge >= 0.3 is 0 Å². The molecule has 0 saturated carbocycles. The second kappa shape index (κ2) is 5.00. The lowest BCUT2D eigenvalue weighted by molar-refractivity contribution is 0.604. The SMILES string of the molecule is Cc1nn(C)c(C)c1NCc1ccc(C(C)(C)C)s1. The fraction of sp³-hybridized carbons (Fsp3) is 0.533. The molecule has 4 heteroatoms. The van der Waals surface area contributed by atoms with Crippen molar-refractivity contribution in [3.63, 3.8) is 0 Å². The minimum Gasteiger partial charge on any atom is -0.377 e. The van der Waals surface area contributed by atoms with E-state index in [2.05, 4.69) is 50.2 Å². The van der Waals surface area contributed by atoms with E-state index in [0.717, 1.165) is 17.9 Å². The van der Waals surface area contributed by atoms with Crippen LogP contribution in [0, 0.1) is 13.8 Å². The number of anilines is 1. The van der Waals surface area contributed by atoms with Gasteiger partial charge in [0.05, 0.1) is 17.1 Å². The average Bonchev–Trinajstić information content (AvgIpc) is 2.84. The Bertz CT molecular complexity index is 573. The zero-order valence-corrected chi connectivity index (χ0v) is 13.5. The summed E-state index contributed by atoms with van der Waals surface area (Å²) in [6.45, 7) is 11.8. The number of hydrogen-bond acceptors (Lipinski definition) is 3. The van der Waals surface area contributed by atoms with Gasteiger partial charge in [0.1, 0.15) is 0 Å². The van der Waals surface area contributed by atoms with Gasteiger partial charge in [0.15, 0.2) is 0 Å². The van der Waals surface area contributed by atoms with Crippen molar-refractivity contribution in [2.45, 2.75) is 46.6 Å². The third-order valence-corrected chi connectivity index (χ3v) is 4.86. The van der Waals surface area contributed by atoms with Crippen molar-refractivity contribution in [3.8, 4) is 0 Å². The van der Waals surface area contributed by atoms with Gasteiger partial charge in [-0.15, -0.1) is 11.3 Å². The van der Waals surface area contributed by atoms with Crippen LogP contribution in [0.25, 0.3) is 0 Å². The first-order valence-corrected chi connectivity index (χ1v) is 7.44. The average molecular weight is 277 g/mol. The molecule has 2 rings (SSSR count). The maximum absolute atomic E-state index is 4.42. The Hall–Kier alpha value is -1.29. The fourth-order valence-corrected chi connectivity index (χ4v) is 3.09. The van der Waals surface area contributed by atoms with Crippen molar-refractivity contribution in [2.24, 2.45) is 7.05 Å². The summed E-state index contributed by atoms with van der Waals surface area (Å²) in [5, 5.41) is 7.94. The van der Waals surface area contributed by atoms with Gasteiger partial charge in [-0.05, 0) is 31.4 Å². The molecule has 0 unspecified atom stereocenters. The molecule has 0 bridgehead atoms. The van der Waals surface area contributed by atoms with E-state index in [-0.39, 0.29) is 5.41 Å². The van der Waals surface area contributed by atoms with E-state index in [0.29, 0.717) is 0 Å². The first-order valence-electron chi connectivity index (χ1n) is 6.62. The normalized spacial score (nSPS) is 11.9. The minimum atomic E-state index is 0.239. The van der Waals surface area contributed by atoms with Crippen molar-refractivity contribution in [1.29, 1.82) is 0 Å². The highest BCUT2D eigenvalue weighted by Crippen LogP contribution is 2.30. The summed E-state index contributed by atoms with van der Waals surface area (Å²) in [4.78, 5) is 2.80. The number of nitrogens with one attached hydrogen (secondary N) is 1. The zero-order valence-electron chi connectivity index (χ0n) is 12.7. The quantitative estimate of drug-likeness (QED) is 0.918. The van der Waals surface area contributed by atoms with Gasteiger partial charge in [-0.3, -0.25) is 4.68 Å². The van der Waals surface area contributed by atoms with E-state index in [1.165, 1.54) is 15.4 Å². The largest absolute Gasteiger partial charge is 0.377 e. The Morgan fingerprint density at radius 3 is 2.42 bits per heavy atom. The summed E-state index contributed by atoms with van der Waals surface area (Å²) >= 11 is 1.89. The highest BCUT2D eigenvalue weighted by atomic mass is 32.1. The molecule has 3 nitrogen and oxygen atoms in total. The Balaban J connectivity index is 2.09. The summed E-state index contributed by atoms with van der Waals surface area (Å²) in [6.07, 6.45) is 0. The molecule has 0 fully saturated rings. The minimum absolute atomic E-state index is 0.239. The van der Waals surface area contributed by atoms with Crippen LogP contribution in [0.15, 0.2) is 12.1 Å². The molecule has 0 spiro atoms. The first-order chi connectivity index (χ1) is 8.79. The lowest BCUT2D eigenvalue weighted by atomic mass is 9.95. The lowest BCUT2D eigenvalue weighted by Crippen LogP contribution is -2.07. The predicted molar refractivity (Wildman–Crippen MR) is 83.0 cm³/mol. The second-order valence-corrected chi connectivity index (χ2v) is 7.21. The lowest BCUT2D eigenvalue weighted by Gasteiger charge is -2.15. The molecule has 0 radical (unpaired) electrons. The number of rotatable bonds is 3. The van der Waals surface area contributed by atoms with Gasteiger partial charge in [0, 0.05) is 23.3 Å². The Kier molecular flexibility index (Phi) is 3.72. The summed E-state index contributed by atoms with van der Waals surface area (Å²) in [5.41, 5.74) is 3.65. The molecular weight excluding hydrogens is 254 g/mol. The van der Waals surface area contributed by atoms with Crippen LogP contribution in [-0.2, 0) is 19.0 Å². The highest BCUT2D eigenvalue weighted by Gasteiger charge is 2.16. The van der Waals surface area contributed by atoms with Crippen LogP contribution in [-0.4, -0.2) is 9.78 Å². The number of nitrogens with zero attached hydrogens (tertiary/aromatic N) is 2. The van der Waals surface area contributed by atoms with E-state index >= 15 is 0 Å². The van der Waals surface area contributed by atoms with E-state index < -0.39 is 0 Å². The maximum Gasteiger partial charge on any atom is 0.0827 e. The number of aryl methyl sites for hydroxylation is 2. The number of thiophene rings is 1. The molecule has 104 valence electrons. The molecule has 2 aromatic heterocycles. The van der Waals surface area contributed by atoms with Gasteiger partial charge < -0.3 is 5.32 Å². The van der Waals surface area contributed by atoms with E-state index in [1.54, 1.807) is 0 Å². The summed E-state index contributed by atoms with van der Waals surface area (Å²) < 4.78 is 1.92. The smallest absolute Gasteiger partial charge is 0.0827 e. The van der Waals surface area contributed by atoms with Gasteiger partial charge in [-0.1, -0.05) is 20.8 Å². The molecule has 0 aliphatic rings. The van der Waals surface area contributed by atoms with Crippen LogP contribution in [0.1, 0.15) is 41.9 Å². The molecule has 0 aliphatic heterocycles. The molecule has 0 atom stereocenters. The standard InChI is InChI=1S/C15H23N3S/c1-10-14(11(2)18(6)17-10)16-9-12-7-8-13(19-12)15(3,4)5/h7-8,16H,9H2,1-6H3. The molecule has 0 amide bonds. The summed E-state index contributed by atoms with van der Waals surface area (Å²) in [7, 11) is 1.98. The van der Waals surface area contributed by atoms with Crippen molar-refractivity contribution in [3.05, 3.63) is 33.3 Å². The fourth-order valence-electron chi connectivity index (χ4n) is 2.08. The summed E-state index contributed by atoms with van der Waals surface area (Å²) in [5.74, 6) is 0. The van der Waals surface area contributed by atoms with Gasteiger partial charge in [0.25, 0.3) is 0 Å². The van der Waals surface area contributed by atoms with E-state index in [1.807, 2.05) is 30.0 Å². The van der Waals surface area contributed by atoms with Crippen molar-refractivity contribution < 1.29 is 0 Å². The van der Waals surface area contributed by atoms with Crippen molar-refractivity contribution in [1.82, 2.24) is 9.78 Å². The van der Waals surface area contributed by atoms with Gasteiger partial charge in [0.2, 0.25) is 0 Å². The Morgan fingerprint density at radius 2 is 1.95 bits per heavy atom. The van der Waals surface area contributed by atoms with Crippen molar-refractivity contribution >= 4 is 17.0 Å². The Labute approximate surface area is 119 Å². The van der Waals surface area contributed by atoms with E-state index in [4.69, 9.17) is 0 Å². The third kappa shape index (κ3) is 3.00. The highest BCUT2D eigenvalue weighted by molar-refractivity contribution is 7.12. The zero-order chi connectivity index (χ0) is 14.2. The monoisotopic (exact) mass is 277 g/mol. The molecule has 0 aromatic carbocycles. The van der Waals surface area contributed by atoms with Crippen LogP contribution in [0.4, 0.5) is 5.69 Å². The molecule has 0 saturated heterocycles. The molecule has 19 heavy (non-hydrogen) atoms. The van der Waals surface area contributed by atoms with Gasteiger partial charge in [-0.25, -0.2) is 0 Å². The third-order valence-electron chi connectivity index (χ3n) is 3.35. The number of aromatic nitrogens is 2.